The van der Waals surface area contributed by atoms with Crippen LogP contribution in [0.3, 0.4) is 0 Å². The predicted octanol–water partition coefficient (Wildman–Crippen LogP) is 4.98. The first kappa shape index (κ1) is 15.4. The summed E-state index contributed by atoms with van der Waals surface area (Å²) in [6.07, 6.45) is 1.59. The van der Waals surface area contributed by atoms with Crippen molar-refractivity contribution in [3.05, 3.63) is 85.0 Å². The normalized spacial score (nSPS) is 12.2. The van der Waals surface area contributed by atoms with Crippen molar-refractivity contribution in [3.63, 3.8) is 0 Å². The molecule has 1 radical (unpaired) electrons. The van der Waals surface area contributed by atoms with Crippen molar-refractivity contribution in [2.45, 2.75) is 13.0 Å². The smallest absolute Gasteiger partial charge is 0.143 e. The van der Waals surface area contributed by atoms with E-state index in [4.69, 9.17) is 0 Å². The number of fused-ring (bicyclic) bond motifs is 1. The molecule has 1 atom stereocenters. The molecule has 0 saturated heterocycles. The van der Waals surface area contributed by atoms with Crippen molar-refractivity contribution >= 4 is 16.9 Å². The Morgan fingerprint density at radius 3 is 2.52 bits per heavy atom. The fourth-order valence-electron chi connectivity index (χ4n) is 2.92. The number of H-pyrrole nitrogens is 1. The molecule has 0 saturated carbocycles. The van der Waals surface area contributed by atoms with Crippen LogP contribution in [0.2, 0.25) is 0 Å². The van der Waals surface area contributed by atoms with E-state index in [9.17, 15) is 0 Å². The number of anilines is 1. The third kappa shape index (κ3) is 3.11. The van der Waals surface area contributed by atoms with Gasteiger partial charge in [0.25, 0.3) is 0 Å². The number of hydrogen-bond donors (Lipinski definition) is 2. The van der Waals surface area contributed by atoms with E-state index in [0.29, 0.717) is 0 Å². The minimum atomic E-state index is 0.156. The number of nitrogens with one attached hydrogen (secondary N) is 2. The highest BCUT2D eigenvalue weighted by Crippen LogP contribution is 2.28. The van der Waals surface area contributed by atoms with Gasteiger partial charge in [0.2, 0.25) is 0 Å². The van der Waals surface area contributed by atoms with Gasteiger partial charge in [0.15, 0.2) is 0 Å². The number of aromatic nitrogens is 3. The van der Waals surface area contributed by atoms with E-state index in [0.717, 1.165) is 33.7 Å². The molecule has 0 aliphatic rings. The Bertz CT molecular complexity index is 988. The fraction of sp³-hybridized carbons (Fsp3) is 0.0952. The van der Waals surface area contributed by atoms with Crippen molar-refractivity contribution < 1.29 is 0 Å². The number of hydrogen-bond acceptors (Lipinski definition) is 3. The molecule has 0 bridgehead atoms. The minimum Gasteiger partial charge on any atom is -0.363 e. The Labute approximate surface area is 147 Å². The summed E-state index contributed by atoms with van der Waals surface area (Å²) < 4.78 is 0. The fourth-order valence-corrected chi connectivity index (χ4v) is 2.92. The topological polar surface area (TPSA) is 53.6 Å². The van der Waals surface area contributed by atoms with Crippen molar-refractivity contribution in [2.75, 3.05) is 5.32 Å². The largest absolute Gasteiger partial charge is 0.363 e. The second-order valence-electron chi connectivity index (χ2n) is 6.14. The molecular weight excluding hydrogens is 308 g/mol. The second-order valence-corrected chi connectivity index (χ2v) is 6.14. The van der Waals surface area contributed by atoms with Gasteiger partial charge in [-0.15, -0.1) is 0 Å². The van der Waals surface area contributed by atoms with Gasteiger partial charge in [0.05, 0.1) is 5.39 Å². The van der Waals surface area contributed by atoms with E-state index >= 15 is 0 Å². The lowest BCUT2D eigenvalue weighted by Gasteiger charge is -2.15. The molecule has 2 N–H and O–H groups in total. The molecule has 0 unspecified atom stereocenters. The Balaban J connectivity index is 1.69. The van der Waals surface area contributed by atoms with E-state index in [-0.39, 0.29) is 6.04 Å². The Morgan fingerprint density at radius 2 is 1.76 bits per heavy atom. The molecule has 0 spiro atoms. The van der Waals surface area contributed by atoms with Crippen LogP contribution < -0.4 is 5.32 Å². The van der Waals surface area contributed by atoms with E-state index in [1.54, 1.807) is 6.33 Å². The first-order valence-corrected chi connectivity index (χ1v) is 8.28. The average molecular weight is 327 g/mol. The van der Waals surface area contributed by atoms with Gasteiger partial charge in [-0.2, -0.15) is 0 Å². The Morgan fingerprint density at radius 1 is 1.00 bits per heavy atom. The lowest BCUT2D eigenvalue weighted by atomic mass is 10.1. The van der Waals surface area contributed by atoms with E-state index < -0.39 is 0 Å². The third-order valence-corrected chi connectivity index (χ3v) is 4.34. The number of nitrogens with zero attached hydrogens (tertiary/aromatic N) is 2. The molecule has 2 aromatic heterocycles. The maximum Gasteiger partial charge on any atom is 0.143 e. The number of aromatic amines is 1. The second kappa shape index (κ2) is 6.40. The molecule has 123 valence electrons. The van der Waals surface area contributed by atoms with Gasteiger partial charge in [-0.05, 0) is 36.6 Å². The third-order valence-electron chi connectivity index (χ3n) is 4.34. The van der Waals surface area contributed by atoms with Crippen LogP contribution in [0.15, 0.2) is 67.0 Å². The van der Waals surface area contributed by atoms with Gasteiger partial charge in [0, 0.05) is 11.7 Å². The molecule has 2 heterocycles. The maximum atomic E-state index is 4.44. The summed E-state index contributed by atoms with van der Waals surface area (Å²) in [5.74, 6) is 0.831. The van der Waals surface area contributed by atoms with Crippen molar-refractivity contribution in [3.8, 4) is 11.3 Å². The lowest BCUT2D eigenvalue weighted by molar-refractivity contribution is 0.876. The molecule has 25 heavy (non-hydrogen) atoms. The highest BCUT2D eigenvalue weighted by atomic mass is 15.1. The average Bonchev–Trinajstić information content (AvgIpc) is 3.08. The molecule has 4 heteroatoms. The predicted molar refractivity (Wildman–Crippen MR) is 102 cm³/mol. The molecule has 4 nitrogen and oxygen atoms in total. The molecule has 2 aromatic carbocycles. The van der Waals surface area contributed by atoms with Crippen molar-refractivity contribution in [1.29, 1.82) is 0 Å². The zero-order chi connectivity index (χ0) is 17.2. The van der Waals surface area contributed by atoms with Crippen molar-refractivity contribution in [2.24, 2.45) is 0 Å². The molecule has 0 aliphatic carbocycles. The van der Waals surface area contributed by atoms with E-state index in [1.807, 2.05) is 30.3 Å². The van der Waals surface area contributed by atoms with Crippen LogP contribution in [0.5, 0.6) is 0 Å². The standard InChI is InChI=1S/C21H19N4/c1-14-8-10-17(11-9-14)19-12-18-20(22-13-23-21(18)25-19)24-15(2)16-6-4-3-5-7-16/h3-13,15H,1H2,2H3,(H2,22,23,24,25)/t15-/m1/s1. The van der Waals surface area contributed by atoms with Gasteiger partial charge in [-0.25, -0.2) is 9.97 Å². The summed E-state index contributed by atoms with van der Waals surface area (Å²) >= 11 is 0. The SMILES string of the molecule is [CH2]c1ccc(-c2cc3c(N[C@H](C)c4ccccc4)ncnc3[nH]2)cc1. The van der Waals surface area contributed by atoms with Crippen LogP contribution in [0.25, 0.3) is 22.3 Å². The Hall–Kier alpha value is -3.14. The first-order valence-electron chi connectivity index (χ1n) is 8.28. The molecule has 4 rings (SSSR count). The zero-order valence-corrected chi connectivity index (χ0v) is 14.0. The van der Waals surface area contributed by atoms with Crippen molar-refractivity contribution in [1.82, 2.24) is 15.0 Å². The van der Waals surface area contributed by atoms with Crippen LogP contribution in [-0.4, -0.2) is 15.0 Å². The van der Waals surface area contributed by atoms with Crippen LogP contribution in [0.1, 0.15) is 24.1 Å². The highest BCUT2D eigenvalue weighted by Gasteiger charge is 2.12. The van der Waals surface area contributed by atoms with Gasteiger partial charge in [-0.1, -0.05) is 54.6 Å². The summed E-state index contributed by atoms with van der Waals surface area (Å²) in [7, 11) is 0. The van der Waals surface area contributed by atoms with Crippen LogP contribution in [0, 0.1) is 6.92 Å². The highest BCUT2D eigenvalue weighted by molar-refractivity contribution is 5.91. The minimum absolute atomic E-state index is 0.156. The maximum absolute atomic E-state index is 4.44. The van der Waals surface area contributed by atoms with E-state index in [1.165, 1.54) is 5.56 Å². The molecule has 4 aromatic rings. The quantitative estimate of drug-likeness (QED) is 0.556. The summed E-state index contributed by atoms with van der Waals surface area (Å²) in [6.45, 7) is 6.06. The van der Waals surface area contributed by atoms with Gasteiger partial charge < -0.3 is 10.3 Å². The summed E-state index contributed by atoms with van der Waals surface area (Å²) in [5, 5.41) is 4.48. The van der Waals surface area contributed by atoms with Crippen LogP contribution >= 0.6 is 0 Å². The molecule has 0 aliphatic heterocycles. The monoisotopic (exact) mass is 327 g/mol. The molecular formula is C21H19N4. The molecule has 0 fully saturated rings. The molecule has 0 amide bonds. The summed E-state index contributed by atoms with van der Waals surface area (Å²) in [4.78, 5) is 12.2. The van der Waals surface area contributed by atoms with Crippen LogP contribution in [0.4, 0.5) is 5.82 Å². The van der Waals surface area contributed by atoms with Gasteiger partial charge in [-0.3, -0.25) is 0 Å². The van der Waals surface area contributed by atoms with Crippen LogP contribution in [-0.2, 0) is 0 Å². The zero-order valence-electron chi connectivity index (χ0n) is 14.0. The summed E-state index contributed by atoms with van der Waals surface area (Å²) in [6, 6.07) is 20.7. The van der Waals surface area contributed by atoms with Gasteiger partial charge in [0.1, 0.15) is 17.8 Å². The number of benzene rings is 2. The van der Waals surface area contributed by atoms with E-state index in [2.05, 4.69) is 64.4 Å². The Kier molecular flexibility index (Phi) is 3.94. The lowest BCUT2D eigenvalue weighted by Crippen LogP contribution is -2.08. The first-order chi connectivity index (χ1) is 12.2. The summed E-state index contributed by atoms with van der Waals surface area (Å²) in [5.41, 5.74) is 5.17. The number of rotatable bonds is 4. The van der Waals surface area contributed by atoms with Gasteiger partial charge >= 0.3 is 0 Å².